The van der Waals surface area contributed by atoms with Gasteiger partial charge in [0.05, 0.1) is 0 Å². The fraction of sp³-hybridized carbons (Fsp3) is 0.143. The minimum absolute atomic E-state index is 0.0748. The molecule has 0 N–H and O–H groups in total. The van der Waals surface area contributed by atoms with E-state index in [1.54, 1.807) is 0 Å². The minimum atomic E-state index is -4.87. The van der Waals surface area contributed by atoms with Crippen LogP contribution in [0.25, 0.3) is 11.1 Å². The van der Waals surface area contributed by atoms with Crippen molar-refractivity contribution in [2.45, 2.75) is 13.0 Å². The molecule has 0 fully saturated rings. The van der Waals surface area contributed by atoms with Crippen molar-refractivity contribution < 1.29 is 35.8 Å². The monoisotopic (exact) mass is 322 g/mol. The third-order valence-corrected chi connectivity index (χ3v) is 2.54. The van der Waals surface area contributed by atoms with Crippen LogP contribution >= 0.6 is 0 Å². The summed E-state index contributed by atoms with van der Waals surface area (Å²) in [5.74, 6) is -1.82. The molecule has 118 valence electrons. The van der Waals surface area contributed by atoms with Crippen LogP contribution in [0, 0.1) is 5.82 Å². The molecule has 2 aromatic carbocycles. The van der Waals surface area contributed by atoms with Gasteiger partial charge in [-0.05, 0) is 29.8 Å². The van der Waals surface area contributed by atoms with Crippen LogP contribution in [0.3, 0.4) is 0 Å². The quantitative estimate of drug-likeness (QED) is 0.738. The highest BCUT2D eigenvalue weighted by atomic mass is 19.4. The average Bonchev–Trinajstić information content (AvgIpc) is 2.36. The van der Waals surface area contributed by atoms with Crippen LogP contribution in [0.1, 0.15) is 0 Å². The van der Waals surface area contributed by atoms with Crippen LogP contribution in [0.5, 0.6) is 11.5 Å². The lowest BCUT2D eigenvalue weighted by molar-refractivity contribution is -0.274. The van der Waals surface area contributed by atoms with Crippen molar-refractivity contribution in [1.82, 2.24) is 0 Å². The van der Waals surface area contributed by atoms with Crippen molar-refractivity contribution in [3.05, 3.63) is 48.3 Å². The summed E-state index contributed by atoms with van der Waals surface area (Å²) in [6.45, 7) is -3.10. The maximum absolute atomic E-state index is 13.9. The first kappa shape index (κ1) is 16.0. The van der Waals surface area contributed by atoms with E-state index in [0.29, 0.717) is 0 Å². The normalized spacial score (nSPS) is 11.6. The Morgan fingerprint density at radius 1 is 0.909 bits per heavy atom. The molecule has 0 spiro atoms. The molecular formula is C14H8F6O2. The Balaban J connectivity index is 2.30. The van der Waals surface area contributed by atoms with Gasteiger partial charge in [0.2, 0.25) is 0 Å². The number of alkyl halides is 5. The predicted molar refractivity (Wildman–Crippen MR) is 65.2 cm³/mol. The van der Waals surface area contributed by atoms with E-state index in [9.17, 15) is 26.3 Å². The lowest BCUT2D eigenvalue weighted by Crippen LogP contribution is -2.17. The molecule has 0 amide bonds. The number of hydrogen-bond donors (Lipinski definition) is 0. The molecule has 0 saturated heterocycles. The second kappa shape index (κ2) is 6.17. The summed E-state index contributed by atoms with van der Waals surface area (Å²) in [5.41, 5.74) is 0.0251. The minimum Gasteiger partial charge on any atom is -0.435 e. The van der Waals surface area contributed by atoms with E-state index < -0.39 is 24.5 Å². The van der Waals surface area contributed by atoms with E-state index >= 15 is 0 Å². The van der Waals surface area contributed by atoms with Gasteiger partial charge in [-0.1, -0.05) is 12.1 Å². The lowest BCUT2D eigenvalue weighted by atomic mass is 10.0. The van der Waals surface area contributed by atoms with Crippen molar-refractivity contribution in [2.75, 3.05) is 0 Å². The largest absolute Gasteiger partial charge is 0.573 e. The maximum atomic E-state index is 13.9. The van der Waals surface area contributed by atoms with E-state index in [-0.39, 0.29) is 16.9 Å². The van der Waals surface area contributed by atoms with Gasteiger partial charge in [0.15, 0.2) is 0 Å². The molecule has 0 aliphatic rings. The molecule has 0 bridgehead atoms. The fourth-order valence-electron chi connectivity index (χ4n) is 1.77. The van der Waals surface area contributed by atoms with Gasteiger partial charge in [0.1, 0.15) is 17.3 Å². The van der Waals surface area contributed by atoms with Gasteiger partial charge in [-0.3, -0.25) is 0 Å². The molecule has 0 unspecified atom stereocenters. The first-order valence-corrected chi connectivity index (χ1v) is 5.85. The molecule has 0 atom stereocenters. The summed E-state index contributed by atoms with van der Waals surface area (Å²) < 4.78 is 82.1. The number of benzene rings is 2. The smallest absolute Gasteiger partial charge is 0.435 e. The van der Waals surface area contributed by atoms with Gasteiger partial charge in [0, 0.05) is 11.6 Å². The number of hydrogen-bond acceptors (Lipinski definition) is 2. The van der Waals surface area contributed by atoms with Gasteiger partial charge in [-0.25, -0.2) is 4.39 Å². The predicted octanol–water partition coefficient (Wildman–Crippen LogP) is 4.99. The highest BCUT2D eigenvalue weighted by Gasteiger charge is 2.31. The summed E-state index contributed by atoms with van der Waals surface area (Å²) >= 11 is 0. The molecule has 0 radical (unpaired) electrons. The van der Waals surface area contributed by atoms with E-state index in [1.165, 1.54) is 12.1 Å². The van der Waals surface area contributed by atoms with Crippen LogP contribution in [0.15, 0.2) is 42.5 Å². The molecule has 8 heteroatoms. The third kappa shape index (κ3) is 4.31. The molecule has 2 rings (SSSR count). The fourth-order valence-corrected chi connectivity index (χ4v) is 1.77. The second-order valence-electron chi connectivity index (χ2n) is 4.10. The van der Waals surface area contributed by atoms with Crippen LogP contribution < -0.4 is 9.47 Å². The zero-order chi connectivity index (χ0) is 16.3. The Morgan fingerprint density at radius 3 is 2.23 bits per heavy atom. The Hall–Kier alpha value is -2.38. The van der Waals surface area contributed by atoms with Crippen molar-refractivity contribution in [2.24, 2.45) is 0 Å². The molecule has 22 heavy (non-hydrogen) atoms. The average molecular weight is 322 g/mol. The number of ether oxygens (including phenoxy) is 2. The van der Waals surface area contributed by atoms with Gasteiger partial charge >= 0.3 is 13.0 Å². The van der Waals surface area contributed by atoms with Crippen molar-refractivity contribution in [3.63, 3.8) is 0 Å². The van der Waals surface area contributed by atoms with E-state index in [0.717, 1.165) is 30.3 Å². The lowest BCUT2D eigenvalue weighted by Gasteiger charge is -2.11. The van der Waals surface area contributed by atoms with Crippen molar-refractivity contribution >= 4 is 0 Å². The van der Waals surface area contributed by atoms with Crippen LogP contribution in [-0.4, -0.2) is 13.0 Å². The molecule has 2 aromatic rings. The Labute approximate surface area is 120 Å². The molecular weight excluding hydrogens is 314 g/mol. The molecule has 0 aliphatic heterocycles. The van der Waals surface area contributed by atoms with E-state index in [4.69, 9.17) is 0 Å². The third-order valence-electron chi connectivity index (χ3n) is 2.54. The van der Waals surface area contributed by atoms with Crippen molar-refractivity contribution in [1.29, 1.82) is 0 Å². The van der Waals surface area contributed by atoms with Gasteiger partial charge < -0.3 is 9.47 Å². The molecule has 2 nitrogen and oxygen atoms in total. The zero-order valence-electron chi connectivity index (χ0n) is 10.7. The highest BCUT2D eigenvalue weighted by molar-refractivity contribution is 5.66. The van der Waals surface area contributed by atoms with E-state index in [2.05, 4.69) is 9.47 Å². The first-order chi connectivity index (χ1) is 10.2. The summed E-state index contributed by atoms with van der Waals surface area (Å²) in [5, 5.41) is 0. The highest BCUT2D eigenvalue weighted by Crippen LogP contribution is 2.31. The summed E-state index contributed by atoms with van der Waals surface area (Å²) in [7, 11) is 0. The van der Waals surface area contributed by atoms with Crippen LogP contribution in [0.4, 0.5) is 26.3 Å². The standard InChI is InChI=1S/C14H8F6O2/c15-12-7-9(21-13(16)17)4-5-11(12)8-2-1-3-10(6-8)22-14(18,19)20/h1-7,13H. The molecule has 0 saturated carbocycles. The number of rotatable bonds is 4. The molecule has 0 aliphatic carbocycles. The van der Waals surface area contributed by atoms with E-state index in [1.807, 2.05) is 0 Å². The molecule has 0 heterocycles. The van der Waals surface area contributed by atoms with Gasteiger partial charge in [-0.2, -0.15) is 8.78 Å². The SMILES string of the molecule is Fc1cc(OC(F)F)ccc1-c1cccc(OC(F)(F)F)c1. The number of halogens is 6. The second-order valence-corrected chi connectivity index (χ2v) is 4.10. The topological polar surface area (TPSA) is 18.5 Å². The van der Waals surface area contributed by atoms with Gasteiger partial charge in [-0.15, -0.1) is 13.2 Å². The molecule has 0 aromatic heterocycles. The summed E-state index contributed by atoms with van der Waals surface area (Å²) in [6, 6.07) is 7.58. The summed E-state index contributed by atoms with van der Waals surface area (Å²) in [4.78, 5) is 0. The maximum Gasteiger partial charge on any atom is 0.573 e. The Morgan fingerprint density at radius 2 is 1.64 bits per heavy atom. The van der Waals surface area contributed by atoms with Gasteiger partial charge in [0.25, 0.3) is 0 Å². The van der Waals surface area contributed by atoms with Crippen LogP contribution in [0.2, 0.25) is 0 Å². The van der Waals surface area contributed by atoms with Crippen molar-refractivity contribution in [3.8, 4) is 22.6 Å². The Bertz CT molecular complexity index is 654. The first-order valence-electron chi connectivity index (χ1n) is 5.85. The summed E-state index contributed by atoms with van der Waals surface area (Å²) in [6.07, 6.45) is -4.87. The van der Waals surface area contributed by atoms with Crippen LogP contribution in [-0.2, 0) is 0 Å². The zero-order valence-corrected chi connectivity index (χ0v) is 10.7. The Kier molecular flexibility index (Phi) is 4.48.